The molecule has 0 saturated carbocycles. The van der Waals surface area contributed by atoms with E-state index in [1.807, 2.05) is 0 Å². The van der Waals surface area contributed by atoms with Gasteiger partial charge in [0.2, 0.25) is 5.95 Å². The molecule has 1 fully saturated rings. The van der Waals surface area contributed by atoms with Gasteiger partial charge in [-0.2, -0.15) is 4.98 Å². The van der Waals surface area contributed by atoms with Crippen LogP contribution in [0, 0.1) is 0 Å². The number of H-pyrrole nitrogens is 1. The SMILES string of the molecule is Nc1nc2c(ncn2[C@@H]2O[C@H](COP(=O)(O)N=P([O-])([O-])OP(=O)([O-])O)[C@@H](O)[C@H]2O)c(=O)[nH]1.[Na+].[Na+].[Na+]. The van der Waals surface area contributed by atoms with Crippen LogP contribution >= 0.6 is 23.3 Å². The number of ether oxygens (including phenoxy) is 1. The Bertz CT molecular complexity index is 1230. The molecule has 25 heteroatoms. The molecule has 0 amide bonds. The molecule has 2 aromatic rings. The van der Waals surface area contributed by atoms with Crippen molar-refractivity contribution in [2.24, 2.45) is 4.52 Å². The van der Waals surface area contributed by atoms with Gasteiger partial charge in [-0.05, 0) is 7.74 Å². The molecule has 180 valence electrons. The van der Waals surface area contributed by atoms with E-state index in [1.165, 1.54) is 0 Å². The number of anilines is 1. The van der Waals surface area contributed by atoms with Crippen LogP contribution in [0.15, 0.2) is 15.6 Å². The summed E-state index contributed by atoms with van der Waals surface area (Å²) in [5.41, 5.74) is 4.47. The fourth-order valence-corrected chi connectivity index (χ4v) is 5.83. The number of aromatic amines is 1. The zero-order chi connectivity index (χ0) is 24.1. The molecule has 3 rings (SSSR count). The summed E-state index contributed by atoms with van der Waals surface area (Å²) in [6.07, 6.45) is -5.39. The van der Waals surface area contributed by atoms with Crippen molar-refractivity contribution in [3.05, 3.63) is 16.7 Å². The topological polar surface area (TPSA) is 314 Å². The number of imidazole rings is 1. The number of aliphatic hydroxyl groups is 2. The van der Waals surface area contributed by atoms with Crippen molar-refractivity contribution in [2.75, 3.05) is 12.3 Å². The van der Waals surface area contributed by atoms with Crippen molar-refractivity contribution in [3.63, 3.8) is 0 Å². The molecule has 6 atom stereocenters. The normalized spacial score (nSPS) is 25.5. The second-order valence-corrected chi connectivity index (χ2v) is 10.7. The van der Waals surface area contributed by atoms with Gasteiger partial charge in [-0.15, -0.1) is 0 Å². The van der Waals surface area contributed by atoms with Gasteiger partial charge in [-0.3, -0.25) is 23.4 Å². The summed E-state index contributed by atoms with van der Waals surface area (Å²) in [7, 11) is -17.2. The number of aromatic nitrogens is 4. The number of aliphatic hydroxyl groups excluding tert-OH is 2. The monoisotopic (exact) mass is 588 g/mol. The number of nitrogen functional groups attached to an aromatic ring is 1. The average molecular weight is 588 g/mol. The van der Waals surface area contributed by atoms with Gasteiger partial charge in [0.1, 0.15) is 18.3 Å². The Kier molecular flexibility index (Phi) is 14.2. The minimum Gasteiger partial charge on any atom is -0.806 e. The van der Waals surface area contributed by atoms with Crippen LogP contribution in [0.3, 0.4) is 0 Å². The Labute approximate surface area is 261 Å². The largest absolute Gasteiger partial charge is 1.00 e. The van der Waals surface area contributed by atoms with Gasteiger partial charge in [0.15, 0.2) is 17.4 Å². The van der Waals surface area contributed by atoms with Gasteiger partial charge in [0, 0.05) is 0 Å². The molecule has 0 bridgehead atoms. The Morgan fingerprint density at radius 2 is 1.80 bits per heavy atom. The second-order valence-electron chi connectivity index (χ2n) is 6.22. The predicted octanol–water partition coefficient (Wildman–Crippen LogP) is -13.4. The summed E-state index contributed by atoms with van der Waals surface area (Å²) in [5.74, 6) is -0.283. The zero-order valence-corrected chi connectivity index (χ0v) is 26.9. The summed E-state index contributed by atoms with van der Waals surface area (Å²) in [4.78, 5) is 72.5. The van der Waals surface area contributed by atoms with Crippen LogP contribution in [0.1, 0.15) is 6.23 Å². The summed E-state index contributed by atoms with van der Waals surface area (Å²) in [6.45, 7) is -1.02. The van der Waals surface area contributed by atoms with Crippen molar-refractivity contribution >= 4 is 40.4 Å². The van der Waals surface area contributed by atoms with Crippen molar-refractivity contribution in [3.8, 4) is 0 Å². The van der Waals surface area contributed by atoms with E-state index in [2.05, 4.69) is 28.3 Å². The van der Waals surface area contributed by atoms with Crippen LogP contribution < -0.4 is 115 Å². The van der Waals surface area contributed by atoms with E-state index in [1.54, 1.807) is 0 Å². The van der Waals surface area contributed by atoms with Crippen LogP contribution in [0.4, 0.5) is 5.95 Å². The maximum atomic E-state index is 11.8. The van der Waals surface area contributed by atoms with Crippen molar-refractivity contribution in [1.29, 1.82) is 0 Å². The van der Waals surface area contributed by atoms with E-state index >= 15 is 0 Å². The first-order valence-electron chi connectivity index (χ1n) is 8.11. The van der Waals surface area contributed by atoms with Gasteiger partial charge in [-0.1, -0.05) is 0 Å². The summed E-state index contributed by atoms with van der Waals surface area (Å²) >= 11 is 0. The Morgan fingerprint density at radius 3 is 2.37 bits per heavy atom. The molecule has 0 aromatic carbocycles. The second kappa shape index (κ2) is 13.7. The van der Waals surface area contributed by atoms with E-state index in [9.17, 15) is 43.7 Å². The summed E-state index contributed by atoms with van der Waals surface area (Å²) < 4.78 is 38.4. The molecular weight excluding hydrogens is 574 g/mol. The van der Waals surface area contributed by atoms with Gasteiger partial charge in [0.05, 0.1) is 12.9 Å². The van der Waals surface area contributed by atoms with Crippen LogP contribution in [0.2, 0.25) is 0 Å². The van der Waals surface area contributed by atoms with Gasteiger partial charge >= 0.3 is 96.4 Å². The van der Waals surface area contributed by atoms with E-state index < -0.39 is 60.0 Å². The molecule has 0 aliphatic carbocycles. The quantitative estimate of drug-likeness (QED) is 0.129. The number of phosphoric acid groups is 1. The third kappa shape index (κ3) is 9.54. The molecule has 1 aliphatic heterocycles. The van der Waals surface area contributed by atoms with Crippen LogP contribution in [0.5, 0.6) is 0 Å². The zero-order valence-electron chi connectivity index (χ0n) is 18.3. The number of hydrogen-bond acceptors (Lipinski definition) is 14. The van der Waals surface area contributed by atoms with Gasteiger partial charge < -0.3 is 49.5 Å². The van der Waals surface area contributed by atoms with Crippen LogP contribution in [0.25, 0.3) is 11.2 Å². The smallest absolute Gasteiger partial charge is 0.806 e. The van der Waals surface area contributed by atoms with E-state index in [0.29, 0.717) is 0 Å². The van der Waals surface area contributed by atoms with Crippen molar-refractivity contribution in [1.82, 2.24) is 19.5 Å². The van der Waals surface area contributed by atoms with Crippen LogP contribution in [-0.4, -0.2) is 64.4 Å². The number of fused-ring (bicyclic) bond motifs is 1. The Morgan fingerprint density at radius 1 is 1.20 bits per heavy atom. The molecule has 1 aliphatic rings. The average Bonchev–Trinajstić information content (AvgIpc) is 3.12. The summed E-state index contributed by atoms with van der Waals surface area (Å²) in [6, 6.07) is 0. The minimum absolute atomic E-state index is 0. The molecule has 0 spiro atoms. The number of hydrogen-bond donors (Lipinski definition) is 6. The molecule has 1 saturated heterocycles. The molecule has 19 nitrogen and oxygen atoms in total. The first-order chi connectivity index (χ1) is 14.6. The predicted molar refractivity (Wildman–Crippen MR) is 94.5 cm³/mol. The molecule has 7 N–H and O–H groups in total. The standard InChI is InChI=1S/C10H15N6O13P3.3Na/c11-10-13-7-4(8(19)14-10)12-2-16(7)9-6(18)5(17)3(28-9)1-27-30(20,21)15-31(22,23)29-32(24,25)26;;;/h2-3,5-6,9,17-18H,1H2,(H6-2,11,13,14,19,20,21,22,23,24,25,26);;;/q-2;3*+1/p-1/t3-,5-,6-,9-;;;/m1.../s1. The first-order valence-corrected chi connectivity index (χ1v) is 12.6. The van der Waals surface area contributed by atoms with E-state index in [4.69, 9.17) is 15.4 Å². The minimum atomic E-state index is -5.92. The van der Waals surface area contributed by atoms with E-state index in [0.717, 1.165) is 10.9 Å². The maximum absolute atomic E-state index is 11.8. The van der Waals surface area contributed by atoms with Gasteiger partial charge in [-0.25, -0.2) is 14.1 Å². The maximum Gasteiger partial charge on any atom is 1.00 e. The first kappa shape index (κ1) is 36.4. The summed E-state index contributed by atoms with van der Waals surface area (Å²) in [5, 5.41) is 20.4. The fourth-order valence-electron chi connectivity index (χ4n) is 2.71. The molecule has 2 unspecified atom stereocenters. The molecule has 2 aromatic heterocycles. The Balaban J connectivity index is 0.00000385. The van der Waals surface area contributed by atoms with Crippen molar-refractivity contribution in [2.45, 2.75) is 24.5 Å². The number of nitrogens with one attached hydrogen (secondary N) is 1. The number of rotatable bonds is 7. The van der Waals surface area contributed by atoms with Crippen LogP contribution in [-0.2, 0) is 22.7 Å². The molecule has 35 heavy (non-hydrogen) atoms. The third-order valence-corrected chi connectivity index (χ3v) is 7.81. The number of nitrogens with zero attached hydrogens (tertiary/aromatic N) is 4. The van der Waals surface area contributed by atoms with Crippen molar-refractivity contribution < 1.29 is 146 Å². The third-order valence-electron chi connectivity index (χ3n) is 3.90. The number of nitrogens with two attached hydrogens (primary N) is 1. The Hall–Kier alpha value is 1.44. The molecular formula is C10H14N6Na3O13P3. The fraction of sp³-hybridized carbons (Fsp3) is 0.500. The van der Waals surface area contributed by atoms with E-state index in [-0.39, 0.29) is 106 Å². The van der Waals surface area contributed by atoms with Gasteiger partial charge in [0.25, 0.3) is 13.4 Å². The molecule has 3 heterocycles. The molecule has 0 radical (unpaired) electrons.